The zero-order valence-electron chi connectivity index (χ0n) is 9.00. The molecule has 2 N–H and O–H groups in total. The minimum atomic E-state index is -4.62. The van der Waals surface area contributed by atoms with Crippen LogP contribution in [-0.4, -0.2) is 4.98 Å². The van der Waals surface area contributed by atoms with Crippen LogP contribution >= 0.6 is 0 Å². The molecule has 1 aromatic heterocycles. The fourth-order valence-electron chi connectivity index (χ4n) is 1.60. The van der Waals surface area contributed by atoms with Crippen LogP contribution in [0.5, 0.6) is 0 Å². The fraction of sp³-hybridized carbons (Fsp3) is 0.0833. The maximum Gasteiger partial charge on any atom is 0.417 e. The highest BCUT2D eigenvalue weighted by atomic mass is 19.4. The summed E-state index contributed by atoms with van der Waals surface area (Å²) in [4.78, 5) is 3.58. The summed E-state index contributed by atoms with van der Waals surface area (Å²) in [5.74, 6) is -1.00. The first-order chi connectivity index (χ1) is 8.39. The monoisotopic (exact) mass is 256 g/mol. The number of aromatic nitrogens is 1. The van der Waals surface area contributed by atoms with E-state index in [1.165, 1.54) is 18.2 Å². The lowest BCUT2D eigenvalue weighted by atomic mass is 10.0. The normalized spacial score (nSPS) is 11.6. The minimum Gasteiger partial charge on any atom is -0.384 e. The summed E-state index contributed by atoms with van der Waals surface area (Å²) in [7, 11) is 0. The van der Waals surface area contributed by atoms with E-state index < -0.39 is 17.6 Å². The quantitative estimate of drug-likeness (QED) is 0.793. The minimum absolute atomic E-state index is 0.155. The number of nitrogens with two attached hydrogens (primary N) is 1. The highest BCUT2D eigenvalue weighted by molar-refractivity contribution is 5.69. The topological polar surface area (TPSA) is 38.9 Å². The molecule has 2 nitrogen and oxygen atoms in total. The summed E-state index contributed by atoms with van der Waals surface area (Å²) in [6.45, 7) is 0. The molecule has 0 aliphatic rings. The van der Waals surface area contributed by atoms with Gasteiger partial charge in [0.15, 0.2) is 0 Å². The van der Waals surface area contributed by atoms with Crippen molar-refractivity contribution in [1.29, 1.82) is 0 Å². The van der Waals surface area contributed by atoms with E-state index in [2.05, 4.69) is 4.98 Å². The summed E-state index contributed by atoms with van der Waals surface area (Å²) in [6, 6.07) is 5.90. The molecule has 0 saturated heterocycles. The molecule has 0 aliphatic carbocycles. The van der Waals surface area contributed by atoms with E-state index in [9.17, 15) is 17.6 Å². The third-order valence-corrected chi connectivity index (χ3v) is 2.39. The molecular weight excluding hydrogens is 248 g/mol. The van der Waals surface area contributed by atoms with Gasteiger partial charge in [0.05, 0.1) is 5.56 Å². The summed E-state index contributed by atoms with van der Waals surface area (Å²) < 4.78 is 52.0. The van der Waals surface area contributed by atoms with Gasteiger partial charge >= 0.3 is 6.18 Å². The van der Waals surface area contributed by atoms with Gasteiger partial charge in [-0.3, -0.25) is 0 Å². The van der Waals surface area contributed by atoms with Crippen molar-refractivity contribution in [3.63, 3.8) is 0 Å². The SMILES string of the molecule is Nc1cc(C(F)(F)F)c(-c2ccccc2F)cn1. The van der Waals surface area contributed by atoms with Crippen LogP contribution in [0.15, 0.2) is 36.5 Å². The van der Waals surface area contributed by atoms with Gasteiger partial charge in [0, 0.05) is 17.3 Å². The highest BCUT2D eigenvalue weighted by Crippen LogP contribution is 2.38. The lowest BCUT2D eigenvalue weighted by molar-refractivity contribution is -0.137. The predicted molar refractivity (Wildman–Crippen MR) is 59.0 cm³/mol. The molecule has 18 heavy (non-hydrogen) atoms. The molecule has 2 aromatic rings. The van der Waals surface area contributed by atoms with Crippen molar-refractivity contribution in [2.75, 3.05) is 5.73 Å². The van der Waals surface area contributed by atoms with Crippen molar-refractivity contribution in [3.05, 3.63) is 47.9 Å². The third kappa shape index (κ3) is 2.27. The molecule has 0 saturated carbocycles. The van der Waals surface area contributed by atoms with Crippen molar-refractivity contribution in [2.45, 2.75) is 6.18 Å². The predicted octanol–water partition coefficient (Wildman–Crippen LogP) is 3.49. The number of nitrogens with zero attached hydrogens (tertiary/aromatic N) is 1. The van der Waals surface area contributed by atoms with E-state index in [-0.39, 0.29) is 16.9 Å². The Morgan fingerprint density at radius 3 is 2.33 bits per heavy atom. The molecule has 0 radical (unpaired) electrons. The second kappa shape index (κ2) is 4.29. The van der Waals surface area contributed by atoms with Gasteiger partial charge in [-0.2, -0.15) is 13.2 Å². The van der Waals surface area contributed by atoms with Crippen molar-refractivity contribution >= 4 is 5.82 Å². The van der Waals surface area contributed by atoms with Gasteiger partial charge in [-0.25, -0.2) is 9.37 Å². The van der Waals surface area contributed by atoms with Gasteiger partial charge < -0.3 is 5.73 Å². The number of nitrogen functional groups attached to an aromatic ring is 1. The molecule has 0 atom stereocenters. The molecule has 0 aliphatic heterocycles. The van der Waals surface area contributed by atoms with Crippen LogP contribution in [0, 0.1) is 5.82 Å². The van der Waals surface area contributed by atoms with Crippen LogP contribution in [0.3, 0.4) is 0 Å². The summed E-state index contributed by atoms with van der Waals surface area (Å²) in [5.41, 5.74) is 3.76. The summed E-state index contributed by atoms with van der Waals surface area (Å²) in [6.07, 6.45) is -3.69. The van der Waals surface area contributed by atoms with Crippen LogP contribution in [0.2, 0.25) is 0 Å². The van der Waals surface area contributed by atoms with Crippen LogP contribution < -0.4 is 5.73 Å². The van der Waals surface area contributed by atoms with Crippen LogP contribution in [-0.2, 0) is 6.18 Å². The first-order valence-corrected chi connectivity index (χ1v) is 4.97. The molecule has 0 bridgehead atoms. The lowest BCUT2D eigenvalue weighted by Gasteiger charge is -2.13. The molecule has 0 amide bonds. The smallest absolute Gasteiger partial charge is 0.384 e. The summed E-state index contributed by atoms with van der Waals surface area (Å²) in [5, 5.41) is 0. The van der Waals surface area contributed by atoms with Gasteiger partial charge in [0.2, 0.25) is 0 Å². The van der Waals surface area contributed by atoms with Crippen molar-refractivity contribution in [2.24, 2.45) is 0 Å². The van der Waals surface area contributed by atoms with Gasteiger partial charge in [-0.1, -0.05) is 18.2 Å². The Balaban J connectivity index is 2.69. The van der Waals surface area contributed by atoms with E-state index in [0.717, 1.165) is 12.3 Å². The molecule has 0 spiro atoms. The van der Waals surface area contributed by atoms with Gasteiger partial charge in [0.1, 0.15) is 11.6 Å². The Kier molecular flexibility index (Phi) is 2.94. The van der Waals surface area contributed by atoms with E-state index in [0.29, 0.717) is 6.07 Å². The number of hydrogen-bond acceptors (Lipinski definition) is 2. The van der Waals surface area contributed by atoms with E-state index in [1.54, 1.807) is 0 Å². The molecule has 2 rings (SSSR count). The molecule has 6 heteroatoms. The standard InChI is InChI=1S/C12H8F4N2/c13-10-4-2-1-3-7(10)8-6-18-11(17)5-9(8)12(14,15)16/h1-6H,(H2,17,18). The Bertz CT molecular complexity index is 579. The van der Waals surface area contributed by atoms with Gasteiger partial charge in [0.25, 0.3) is 0 Å². The molecule has 0 fully saturated rings. The second-order valence-electron chi connectivity index (χ2n) is 3.63. The van der Waals surface area contributed by atoms with Crippen molar-refractivity contribution < 1.29 is 17.6 Å². The third-order valence-electron chi connectivity index (χ3n) is 2.39. The maximum atomic E-state index is 13.5. The van der Waals surface area contributed by atoms with Crippen LogP contribution in [0.1, 0.15) is 5.56 Å². The number of hydrogen-bond donors (Lipinski definition) is 1. The molecular formula is C12H8F4N2. The number of halogens is 4. The Morgan fingerprint density at radius 1 is 1.06 bits per heavy atom. The molecule has 0 unspecified atom stereocenters. The van der Waals surface area contributed by atoms with E-state index in [1.807, 2.05) is 0 Å². The lowest BCUT2D eigenvalue weighted by Crippen LogP contribution is -2.09. The van der Waals surface area contributed by atoms with E-state index in [4.69, 9.17) is 5.73 Å². The zero-order valence-corrected chi connectivity index (χ0v) is 9.00. The number of anilines is 1. The summed E-state index contributed by atoms with van der Waals surface area (Å²) >= 11 is 0. The average molecular weight is 256 g/mol. The largest absolute Gasteiger partial charge is 0.417 e. The first kappa shape index (κ1) is 12.3. The first-order valence-electron chi connectivity index (χ1n) is 4.97. The zero-order chi connectivity index (χ0) is 13.3. The number of rotatable bonds is 1. The Hall–Kier alpha value is -2.11. The molecule has 94 valence electrons. The Labute approximate surface area is 100 Å². The average Bonchev–Trinajstić information content (AvgIpc) is 2.29. The number of pyridine rings is 1. The highest BCUT2D eigenvalue weighted by Gasteiger charge is 2.34. The fourth-order valence-corrected chi connectivity index (χ4v) is 1.60. The number of alkyl halides is 3. The van der Waals surface area contributed by atoms with Gasteiger partial charge in [-0.15, -0.1) is 0 Å². The van der Waals surface area contributed by atoms with Crippen molar-refractivity contribution in [1.82, 2.24) is 4.98 Å². The maximum absolute atomic E-state index is 13.5. The van der Waals surface area contributed by atoms with Crippen molar-refractivity contribution in [3.8, 4) is 11.1 Å². The second-order valence-corrected chi connectivity index (χ2v) is 3.63. The number of benzene rings is 1. The van der Waals surface area contributed by atoms with Crippen LogP contribution in [0.4, 0.5) is 23.4 Å². The molecule has 1 heterocycles. The van der Waals surface area contributed by atoms with Crippen LogP contribution in [0.25, 0.3) is 11.1 Å². The van der Waals surface area contributed by atoms with Gasteiger partial charge in [-0.05, 0) is 12.1 Å². The Morgan fingerprint density at radius 2 is 1.72 bits per heavy atom. The van der Waals surface area contributed by atoms with E-state index >= 15 is 0 Å². The molecule has 1 aromatic carbocycles.